The van der Waals surface area contributed by atoms with Gasteiger partial charge in [0.1, 0.15) is 0 Å². The Morgan fingerprint density at radius 1 is 0.676 bits per heavy atom. The first-order valence-corrected chi connectivity index (χ1v) is 15.1. The fraction of sp³-hybridized carbons (Fsp3) is 0.147. The molecule has 0 heterocycles. The topological polar surface area (TPSA) is 0 Å². The molecule has 2 aliphatic rings. The summed E-state index contributed by atoms with van der Waals surface area (Å²) in [6, 6.07) is 31.5. The molecular formula is C34H29Cl2Zr. The number of rotatable bonds is 4. The van der Waals surface area contributed by atoms with E-state index >= 15 is 0 Å². The quantitative estimate of drug-likeness (QED) is 0.338. The molecule has 0 bridgehead atoms. The Labute approximate surface area is 244 Å². The summed E-state index contributed by atoms with van der Waals surface area (Å²) in [5, 5.41) is 0. The van der Waals surface area contributed by atoms with Crippen LogP contribution in [0.3, 0.4) is 0 Å². The minimum Gasteiger partial charge on any atom is -1.00 e. The third-order valence-corrected chi connectivity index (χ3v) is 12.1. The number of allylic oxidation sites excluding steroid dienone is 4. The zero-order valence-electron chi connectivity index (χ0n) is 21.4. The second kappa shape index (κ2) is 11.6. The van der Waals surface area contributed by atoms with Gasteiger partial charge < -0.3 is 24.8 Å². The molecule has 0 radical (unpaired) electrons. The van der Waals surface area contributed by atoms with Crippen LogP contribution in [0.1, 0.15) is 54.6 Å². The van der Waals surface area contributed by atoms with E-state index in [4.69, 9.17) is 0 Å². The monoisotopic (exact) mass is 597 g/mol. The molecule has 0 aromatic heterocycles. The van der Waals surface area contributed by atoms with E-state index in [1.54, 1.807) is 14.3 Å². The summed E-state index contributed by atoms with van der Waals surface area (Å²) < 4.78 is 2.08. The molecule has 1 unspecified atom stereocenters. The summed E-state index contributed by atoms with van der Waals surface area (Å²) in [6.07, 6.45) is 7.93. The Morgan fingerprint density at radius 3 is 1.84 bits per heavy atom. The average Bonchev–Trinajstić information content (AvgIpc) is 3.54. The Balaban J connectivity index is 0.00000160. The van der Waals surface area contributed by atoms with Crippen LogP contribution in [0.5, 0.6) is 0 Å². The largest absolute Gasteiger partial charge is 1.00 e. The van der Waals surface area contributed by atoms with Crippen LogP contribution in [-0.2, 0) is 22.8 Å². The van der Waals surface area contributed by atoms with Gasteiger partial charge in [-0.3, -0.25) is 0 Å². The zero-order chi connectivity index (χ0) is 23.9. The second-order valence-corrected chi connectivity index (χ2v) is 13.0. The van der Waals surface area contributed by atoms with Crippen LogP contribution in [0, 0.1) is 20.8 Å². The van der Waals surface area contributed by atoms with Gasteiger partial charge in [0.25, 0.3) is 0 Å². The fourth-order valence-corrected chi connectivity index (χ4v) is 10.3. The van der Waals surface area contributed by atoms with Crippen LogP contribution >= 0.6 is 0 Å². The molecule has 3 heteroatoms. The standard InChI is InChI=1S/C21H19.C13H10.2ClH.Zr/c1-13-14(2)20(16-8-4-5-9-16)19-12-17-10-6-7-11-18(17)21(19)15(13)3;1-3-7-12(8-4-1)11-13-9-5-2-6-10-13;;;/h4-8,10-12H,9H2,1-3H3;1-10H;2*1H;/q;;;;+2/p-2. The molecule has 0 saturated heterocycles. The average molecular weight is 600 g/mol. The predicted octanol–water partition coefficient (Wildman–Crippen LogP) is 2.38. The second-order valence-electron chi connectivity index (χ2n) is 9.63. The van der Waals surface area contributed by atoms with Crippen LogP contribution in [0.2, 0.25) is 0 Å². The molecule has 2 aliphatic carbocycles. The molecule has 0 saturated carbocycles. The van der Waals surface area contributed by atoms with Crippen molar-refractivity contribution in [2.24, 2.45) is 0 Å². The molecule has 4 aromatic rings. The summed E-state index contributed by atoms with van der Waals surface area (Å²) in [7, 11) is 0. The van der Waals surface area contributed by atoms with Crippen LogP contribution < -0.4 is 24.8 Å². The summed E-state index contributed by atoms with van der Waals surface area (Å²) in [4.78, 5) is 0. The maximum absolute atomic E-state index is 2.41. The first kappa shape index (κ1) is 27.7. The van der Waals surface area contributed by atoms with Gasteiger partial charge in [-0.1, -0.05) is 0 Å². The van der Waals surface area contributed by atoms with Crippen molar-refractivity contribution in [1.29, 1.82) is 0 Å². The van der Waals surface area contributed by atoms with Crippen molar-refractivity contribution in [3.63, 3.8) is 0 Å². The van der Waals surface area contributed by atoms with E-state index in [0.717, 1.165) is 6.42 Å². The van der Waals surface area contributed by atoms with E-state index in [-0.39, 0.29) is 24.8 Å². The van der Waals surface area contributed by atoms with Gasteiger partial charge in [-0.05, 0) is 0 Å². The third kappa shape index (κ3) is 4.83. The van der Waals surface area contributed by atoms with Crippen LogP contribution in [0.15, 0.2) is 103 Å². The van der Waals surface area contributed by atoms with Gasteiger partial charge in [0.2, 0.25) is 0 Å². The van der Waals surface area contributed by atoms with Crippen LogP contribution in [0.4, 0.5) is 0 Å². The Bertz CT molecular complexity index is 1490. The number of benzene rings is 4. The number of halogens is 2. The van der Waals surface area contributed by atoms with E-state index in [1.807, 2.05) is 0 Å². The van der Waals surface area contributed by atoms with Crippen molar-refractivity contribution in [2.45, 2.75) is 30.8 Å². The van der Waals surface area contributed by atoms with E-state index in [2.05, 4.69) is 124 Å². The molecule has 6 rings (SSSR count). The van der Waals surface area contributed by atoms with Crippen molar-refractivity contribution < 1.29 is 47.6 Å². The van der Waals surface area contributed by atoms with Gasteiger partial charge in [0, 0.05) is 0 Å². The summed E-state index contributed by atoms with van der Waals surface area (Å²) in [6.45, 7) is 7.01. The molecule has 37 heavy (non-hydrogen) atoms. The predicted molar refractivity (Wildman–Crippen MR) is 146 cm³/mol. The first-order chi connectivity index (χ1) is 17.1. The van der Waals surface area contributed by atoms with Crippen LogP contribution in [0.25, 0.3) is 16.7 Å². The molecule has 0 N–H and O–H groups in total. The van der Waals surface area contributed by atoms with Gasteiger partial charge in [-0.15, -0.1) is 0 Å². The number of hydrogen-bond donors (Lipinski definition) is 0. The van der Waals surface area contributed by atoms with Gasteiger partial charge in [-0.25, -0.2) is 0 Å². The summed E-state index contributed by atoms with van der Waals surface area (Å²) in [5.74, 6) is 0. The summed E-state index contributed by atoms with van der Waals surface area (Å²) in [5.41, 5.74) is 16.3. The van der Waals surface area contributed by atoms with E-state index < -0.39 is 22.8 Å². The van der Waals surface area contributed by atoms with Gasteiger partial charge in [-0.2, -0.15) is 0 Å². The molecule has 1 atom stereocenters. The molecule has 0 spiro atoms. The molecule has 4 aromatic carbocycles. The van der Waals surface area contributed by atoms with E-state index in [1.165, 1.54) is 50.1 Å². The zero-order valence-corrected chi connectivity index (χ0v) is 25.3. The van der Waals surface area contributed by atoms with Crippen molar-refractivity contribution in [2.75, 3.05) is 0 Å². The number of hydrogen-bond acceptors (Lipinski definition) is 0. The maximum Gasteiger partial charge on any atom is -1.00 e. The molecule has 0 fully saturated rings. The Morgan fingerprint density at radius 2 is 1.24 bits per heavy atom. The van der Waals surface area contributed by atoms with E-state index in [9.17, 15) is 0 Å². The Hall–Kier alpha value is -2.31. The van der Waals surface area contributed by atoms with Crippen molar-refractivity contribution >= 4 is 8.78 Å². The molecule has 0 aliphatic heterocycles. The van der Waals surface area contributed by atoms with Gasteiger partial charge >= 0.3 is 221 Å². The molecule has 0 amide bonds. The van der Waals surface area contributed by atoms with E-state index in [0.29, 0.717) is 3.63 Å². The minimum atomic E-state index is -1.12. The minimum absolute atomic E-state index is 0. The van der Waals surface area contributed by atoms with Gasteiger partial charge in [0.05, 0.1) is 0 Å². The van der Waals surface area contributed by atoms with Crippen molar-refractivity contribution in [3.05, 3.63) is 148 Å². The maximum atomic E-state index is 2.41. The van der Waals surface area contributed by atoms with Gasteiger partial charge in [0.15, 0.2) is 0 Å². The first-order valence-electron chi connectivity index (χ1n) is 12.5. The molecular weight excluding hydrogens is 571 g/mol. The van der Waals surface area contributed by atoms with Crippen LogP contribution in [-0.4, -0.2) is 3.21 Å². The smallest absolute Gasteiger partial charge is 1.00 e. The SMILES string of the molecule is Cc1c(C)c(C2=CC=CC2)c2c(c1C)-c1ccccc1[CH]2[Zr+2]=[C](c1ccccc1)c1ccccc1.[Cl-].[Cl-]. The molecule has 0 nitrogen and oxygen atoms in total. The molecule has 183 valence electrons. The van der Waals surface area contributed by atoms with Crippen molar-refractivity contribution in [1.82, 2.24) is 0 Å². The number of fused-ring (bicyclic) bond motifs is 3. The third-order valence-electron chi connectivity index (χ3n) is 7.75. The normalized spacial score (nSPS) is 14.6. The Kier molecular flexibility index (Phi) is 8.70. The van der Waals surface area contributed by atoms with Crippen molar-refractivity contribution in [3.8, 4) is 11.1 Å². The fourth-order valence-electron chi connectivity index (χ4n) is 5.84. The summed E-state index contributed by atoms with van der Waals surface area (Å²) >= 11 is -1.12.